The van der Waals surface area contributed by atoms with Crippen LogP contribution in [-0.2, 0) is 6.54 Å². The number of rotatable bonds is 4. The molecule has 0 spiro atoms. The summed E-state index contributed by atoms with van der Waals surface area (Å²) in [6.45, 7) is 0.327. The Morgan fingerprint density at radius 2 is 2.05 bits per heavy atom. The molecule has 0 aliphatic heterocycles. The minimum Gasteiger partial charge on any atom is -0.476 e. The number of anilines is 1. The number of carbonyl (C=O) groups excluding carboxylic acids is 1. The maximum Gasteiger partial charge on any atom is 0.356 e. The molecule has 2 amide bonds. The lowest BCUT2D eigenvalue weighted by molar-refractivity contribution is 0.0692. The monoisotopic (exact) mass is 349 g/mol. The van der Waals surface area contributed by atoms with E-state index in [0.717, 1.165) is 10.0 Å². The second kappa shape index (κ2) is 6.85. The highest BCUT2D eigenvalue weighted by atomic mass is 79.9. The van der Waals surface area contributed by atoms with Gasteiger partial charge in [-0.15, -0.1) is 0 Å². The summed E-state index contributed by atoms with van der Waals surface area (Å²) in [7, 11) is 0. The zero-order valence-corrected chi connectivity index (χ0v) is 12.4. The van der Waals surface area contributed by atoms with Crippen LogP contribution in [0.25, 0.3) is 0 Å². The van der Waals surface area contributed by atoms with Crippen molar-refractivity contribution >= 4 is 33.6 Å². The summed E-state index contributed by atoms with van der Waals surface area (Å²) < 4.78 is 0.919. The number of halogens is 1. The molecule has 1 aromatic carbocycles. The van der Waals surface area contributed by atoms with Crippen molar-refractivity contribution in [1.82, 2.24) is 10.3 Å². The van der Waals surface area contributed by atoms with Crippen molar-refractivity contribution in [3.8, 4) is 0 Å². The number of aromatic carboxylic acids is 1. The van der Waals surface area contributed by atoms with Crippen molar-refractivity contribution in [3.63, 3.8) is 0 Å². The third-order valence-electron chi connectivity index (χ3n) is 2.60. The number of nitrogens with zero attached hydrogens (tertiary/aromatic N) is 1. The first-order valence-electron chi connectivity index (χ1n) is 6.04. The van der Waals surface area contributed by atoms with E-state index >= 15 is 0 Å². The fourth-order valence-electron chi connectivity index (χ4n) is 1.67. The molecule has 2 rings (SSSR count). The minimum atomic E-state index is -1.20. The maximum absolute atomic E-state index is 11.8. The van der Waals surface area contributed by atoms with Crippen molar-refractivity contribution in [2.45, 2.75) is 6.54 Å². The van der Waals surface area contributed by atoms with E-state index in [0.29, 0.717) is 6.54 Å². The third kappa shape index (κ3) is 4.28. The molecule has 0 aliphatic rings. The van der Waals surface area contributed by atoms with Crippen LogP contribution >= 0.6 is 15.9 Å². The molecular formula is C14H12BrN3O3. The van der Waals surface area contributed by atoms with Gasteiger partial charge in [-0.2, -0.15) is 0 Å². The zero-order chi connectivity index (χ0) is 15.2. The van der Waals surface area contributed by atoms with Crippen LogP contribution < -0.4 is 10.6 Å². The van der Waals surface area contributed by atoms with Crippen molar-refractivity contribution < 1.29 is 14.7 Å². The predicted octanol–water partition coefficient (Wildman–Crippen LogP) is 2.86. The van der Waals surface area contributed by atoms with Gasteiger partial charge in [-0.05, 0) is 29.8 Å². The summed E-state index contributed by atoms with van der Waals surface area (Å²) in [5.74, 6) is -1.20. The van der Waals surface area contributed by atoms with E-state index in [-0.39, 0.29) is 11.4 Å². The van der Waals surface area contributed by atoms with Crippen molar-refractivity contribution in [2.24, 2.45) is 0 Å². The largest absolute Gasteiger partial charge is 0.476 e. The lowest BCUT2D eigenvalue weighted by Gasteiger charge is -2.09. The lowest BCUT2D eigenvalue weighted by atomic mass is 10.2. The van der Waals surface area contributed by atoms with Crippen LogP contribution in [0.5, 0.6) is 0 Å². The average molecular weight is 350 g/mol. The van der Waals surface area contributed by atoms with E-state index < -0.39 is 12.0 Å². The summed E-state index contributed by atoms with van der Waals surface area (Å²) >= 11 is 3.35. The molecule has 0 aliphatic carbocycles. The number of nitrogens with one attached hydrogen (secondary N) is 2. The van der Waals surface area contributed by atoms with E-state index in [9.17, 15) is 9.59 Å². The summed E-state index contributed by atoms with van der Waals surface area (Å²) in [6.07, 6.45) is 1.36. The molecule has 0 unspecified atom stereocenters. The van der Waals surface area contributed by atoms with Crippen LogP contribution in [0.3, 0.4) is 0 Å². The fraction of sp³-hybridized carbons (Fsp3) is 0.0714. The molecule has 0 saturated carbocycles. The SMILES string of the molecule is O=C(NCc1cccc(Br)c1)Nc1cccnc1C(=O)O. The van der Waals surface area contributed by atoms with Crippen LogP contribution in [0.4, 0.5) is 10.5 Å². The molecule has 0 radical (unpaired) electrons. The van der Waals surface area contributed by atoms with E-state index in [2.05, 4.69) is 31.5 Å². The van der Waals surface area contributed by atoms with Gasteiger partial charge in [-0.3, -0.25) is 0 Å². The molecule has 1 aromatic heterocycles. The van der Waals surface area contributed by atoms with Crippen LogP contribution in [-0.4, -0.2) is 22.1 Å². The molecule has 0 bridgehead atoms. The molecule has 0 atom stereocenters. The fourth-order valence-corrected chi connectivity index (χ4v) is 2.12. The number of carboxylic acid groups (broad SMARTS) is 1. The predicted molar refractivity (Wildman–Crippen MR) is 81.2 cm³/mol. The van der Waals surface area contributed by atoms with Crippen LogP contribution in [0.15, 0.2) is 47.1 Å². The summed E-state index contributed by atoms with van der Waals surface area (Å²) in [4.78, 5) is 26.5. The topological polar surface area (TPSA) is 91.3 Å². The number of benzene rings is 1. The third-order valence-corrected chi connectivity index (χ3v) is 3.09. The van der Waals surface area contributed by atoms with Crippen molar-refractivity contribution in [1.29, 1.82) is 0 Å². The number of carbonyl (C=O) groups is 2. The standard InChI is InChI=1S/C14H12BrN3O3/c15-10-4-1-3-9(7-10)8-17-14(21)18-11-5-2-6-16-12(11)13(19)20/h1-7H,8H2,(H,19,20)(H2,17,18,21). The van der Waals surface area contributed by atoms with Crippen LogP contribution in [0.1, 0.15) is 16.1 Å². The molecule has 1 heterocycles. The van der Waals surface area contributed by atoms with Gasteiger partial charge in [-0.1, -0.05) is 28.1 Å². The molecule has 3 N–H and O–H groups in total. The van der Waals surface area contributed by atoms with Gasteiger partial charge in [0, 0.05) is 17.2 Å². The highest BCUT2D eigenvalue weighted by Crippen LogP contribution is 2.13. The number of aromatic nitrogens is 1. The van der Waals surface area contributed by atoms with Gasteiger partial charge >= 0.3 is 12.0 Å². The van der Waals surface area contributed by atoms with E-state index in [1.54, 1.807) is 6.07 Å². The minimum absolute atomic E-state index is 0.150. The van der Waals surface area contributed by atoms with Gasteiger partial charge < -0.3 is 15.7 Å². The zero-order valence-electron chi connectivity index (χ0n) is 10.8. The van der Waals surface area contributed by atoms with E-state index in [4.69, 9.17) is 5.11 Å². The summed E-state index contributed by atoms with van der Waals surface area (Å²) in [5, 5.41) is 14.1. The normalized spacial score (nSPS) is 9.95. The Balaban J connectivity index is 1.98. The Morgan fingerprint density at radius 1 is 1.24 bits per heavy atom. The average Bonchev–Trinajstić information content (AvgIpc) is 2.45. The number of pyridine rings is 1. The van der Waals surface area contributed by atoms with Gasteiger partial charge in [0.2, 0.25) is 0 Å². The summed E-state index contributed by atoms with van der Waals surface area (Å²) in [6, 6.07) is 10.0. The Bertz CT molecular complexity index is 676. The second-order valence-corrected chi connectivity index (χ2v) is 5.06. The lowest BCUT2D eigenvalue weighted by Crippen LogP contribution is -2.29. The number of urea groups is 1. The second-order valence-electron chi connectivity index (χ2n) is 4.14. The summed E-state index contributed by atoms with van der Waals surface area (Å²) in [5.41, 5.74) is 0.871. The Hall–Kier alpha value is -2.41. The molecule has 0 fully saturated rings. The smallest absolute Gasteiger partial charge is 0.356 e. The molecule has 21 heavy (non-hydrogen) atoms. The molecule has 6 nitrogen and oxygen atoms in total. The van der Waals surface area contributed by atoms with Gasteiger partial charge in [0.15, 0.2) is 5.69 Å². The molecule has 0 saturated heterocycles. The Morgan fingerprint density at radius 3 is 2.76 bits per heavy atom. The van der Waals surface area contributed by atoms with E-state index in [1.807, 2.05) is 24.3 Å². The highest BCUT2D eigenvalue weighted by Gasteiger charge is 2.12. The molecule has 108 valence electrons. The first kappa shape index (κ1) is 15.0. The number of carboxylic acids is 1. The van der Waals surface area contributed by atoms with Crippen LogP contribution in [0, 0.1) is 0 Å². The number of hydrogen-bond acceptors (Lipinski definition) is 3. The van der Waals surface area contributed by atoms with Gasteiger partial charge in [0.25, 0.3) is 0 Å². The van der Waals surface area contributed by atoms with Crippen molar-refractivity contribution in [3.05, 3.63) is 58.3 Å². The first-order chi connectivity index (χ1) is 10.1. The highest BCUT2D eigenvalue weighted by molar-refractivity contribution is 9.10. The van der Waals surface area contributed by atoms with E-state index in [1.165, 1.54) is 12.3 Å². The Labute approximate surface area is 129 Å². The number of hydrogen-bond donors (Lipinski definition) is 3. The quantitative estimate of drug-likeness (QED) is 0.791. The first-order valence-corrected chi connectivity index (χ1v) is 6.83. The molecule has 2 aromatic rings. The number of amides is 2. The van der Waals surface area contributed by atoms with Gasteiger partial charge in [0.05, 0.1) is 5.69 Å². The maximum atomic E-state index is 11.8. The molecule has 7 heteroatoms. The molecular weight excluding hydrogens is 338 g/mol. The van der Waals surface area contributed by atoms with Gasteiger partial charge in [-0.25, -0.2) is 14.6 Å². The van der Waals surface area contributed by atoms with Gasteiger partial charge in [0.1, 0.15) is 0 Å². The Kier molecular flexibility index (Phi) is 4.89. The van der Waals surface area contributed by atoms with Crippen molar-refractivity contribution in [2.75, 3.05) is 5.32 Å². The van der Waals surface area contributed by atoms with Crippen LogP contribution in [0.2, 0.25) is 0 Å².